The fourth-order valence-electron chi connectivity index (χ4n) is 2.32. The highest BCUT2D eigenvalue weighted by atomic mass is 16.5. The summed E-state index contributed by atoms with van der Waals surface area (Å²) in [5.41, 5.74) is 0. The van der Waals surface area contributed by atoms with Gasteiger partial charge in [0.25, 0.3) is 0 Å². The van der Waals surface area contributed by atoms with E-state index in [-0.39, 0.29) is 0 Å². The Balaban J connectivity index is 1.66. The van der Waals surface area contributed by atoms with Gasteiger partial charge in [-0.25, -0.2) is 0 Å². The number of rotatable bonds is 3. The summed E-state index contributed by atoms with van der Waals surface area (Å²) in [5, 5.41) is 3.73. The summed E-state index contributed by atoms with van der Waals surface area (Å²) in [5.74, 6) is 0.931. The molecule has 0 aromatic rings. The van der Waals surface area contributed by atoms with E-state index in [1.54, 1.807) is 0 Å². The lowest BCUT2D eigenvalue weighted by atomic mass is 9.93. The van der Waals surface area contributed by atoms with Crippen molar-refractivity contribution in [3.05, 3.63) is 0 Å². The quantitative estimate of drug-likeness (QED) is 0.722. The first-order valence-corrected chi connectivity index (χ1v) is 5.58. The second-order valence-electron chi connectivity index (χ2n) is 4.70. The van der Waals surface area contributed by atoms with Crippen LogP contribution in [0.3, 0.4) is 0 Å². The zero-order chi connectivity index (χ0) is 9.26. The Bertz CT molecular complexity index is 163. The molecule has 0 heterocycles. The second-order valence-corrected chi connectivity index (χ2v) is 4.70. The van der Waals surface area contributed by atoms with Crippen LogP contribution in [-0.4, -0.2) is 25.3 Å². The van der Waals surface area contributed by atoms with Crippen LogP contribution < -0.4 is 5.32 Å². The Morgan fingerprint density at radius 3 is 2.23 bits per heavy atom. The number of nitrogens with one attached hydrogen (secondary N) is 1. The zero-order valence-corrected chi connectivity index (χ0v) is 8.75. The smallest absolute Gasteiger partial charge is 0.0572 e. The van der Waals surface area contributed by atoms with Crippen molar-refractivity contribution in [3.8, 4) is 0 Å². The molecule has 0 aromatic carbocycles. The summed E-state index contributed by atoms with van der Waals surface area (Å²) in [6.45, 7) is 2.33. The van der Waals surface area contributed by atoms with Crippen LogP contribution in [0.2, 0.25) is 0 Å². The van der Waals surface area contributed by atoms with Gasteiger partial charge in [-0.05, 0) is 38.0 Å². The van der Waals surface area contributed by atoms with Gasteiger partial charge in [-0.15, -0.1) is 0 Å². The molecule has 2 saturated carbocycles. The Kier molecular flexibility index (Phi) is 2.89. The van der Waals surface area contributed by atoms with E-state index in [1.807, 2.05) is 7.11 Å². The first kappa shape index (κ1) is 9.47. The van der Waals surface area contributed by atoms with Gasteiger partial charge in [0, 0.05) is 19.2 Å². The average molecular weight is 183 g/mol. The summed E-state index contributed by atoms with van der Waals surface area (Å²) in [4.78, 5) is 0. The molecule has 0 radical (unpaired) electrons. The Hall–Kier alpha value is -0.0800. The minimum atomic E-state index is 0.537. The highest BCUT2D eigenvalue weighted by Gasteiger charge is 2.34. The van der Waals surface area contributed by atoms with Gasteiger partial charge in [-0.1, -0.05) is 6.92 Å². The molecule has 0 spiro atoms. The topological polar surface area (TPSA) is 21.3 Å². The summed E-state index contributed by atoms with van der Waals surface area (Å²) in [6.07, 6.45) is 7.03. The third-order valence-corrected chi connectivity index (χ3v) is 3.57. The van der Waals surface area contributed by atoms with Gasteiger partial charge in [-0.2, -0.15) is 0 Å². The van der Waals surface area contributed by atoms with Gasteiger partial charge in [0.1, 0.15) is 0 Å². The van der Waals surface area contributed by atoms with Crippen LogP contribution in [0, 0.1) is 5.92 Å². The van der Waals surface area contributed by atoms with Gasteiger partial charge >= 0.3 is 0 Å². The van der Waals surface area contributed by atoms with Crippen LogP contribution in [0.4, 0.5) is 0 Å². The lowest BCUT2D eigenvalue weighted by molar-refractivity contribution is 0.0622. The number of methoxy groups -OCH3 is 1. The molecule has 0 unspecified atom stereocenters. The molecule has 0 bridgehead atoms. The first-order chi connectivity index (χ1) is 6.29. The summed E-state index contributed by atoms with van der Waals surface area (Å²) in [6, 6.07) is 1.62. The maximum atomic E-state index is 5.35. The van der Waals surface area contributed by atoms with Gasteiger partial charge in [0.2, 0.25) is 0 Å². The maximum Gasteiger partial charge on any atom is 0.0572 e. The molecule has 2 aliphatic carbocycles. The van der Waals surface area contributed by atoms with Gasteiger partial charge < -0.3 is 10.1 Å². The normalized spacial score (nSPS) is 44.8. The molecule has 13 heavy (non-hydrogen) atoms. The minimum absolute atomic E-state index is 0.537. The highest BCUT2D eigenvalue weighted by molar-refractivity contribution is 4.93. The van der Waals surface area contributed by atoms with Crippen LogP contribution in [0.25, 0.3) is 0 Å². The van der Waals surface area contributed by atoms with E-state index < -0.39 is 0 Å². The lowest BCUT2D eigenvalue weighted by Crippen LogP contribution is -2.36. The molecular weight excluding hydrogens is 162 g/mol. The summed E-state index contributed by atoms with van der Waals surface area (Å²) < 4.78 is 5.35. The Morgan fingerprint density at radius 2 is 1.77 bits per heavy atom. The van der Waals surface area contributed by atoms with E-state index in [4.69, 9.17) is 4.74 Å². The summed E-state index contributed by atoms with van der Waals surface area (Å²) >= 11 is 0. The lowest BCUT2D eigenvalue weighted by Gasteiger charge is -2.28. The molecular formula is C11H21NO. The van der Waals surface area contributed by atoms with Crippen molar-refractivity contribution in [3.63, 3.8) is 0 Å². The Morgan fingerprint density at radius 1 is 1.15 bits per heavy atom. The average Bonchev–Trinajstić information content (AvgIpc) is 2.83. The zero-order valence-electron chi connectivity index (χ0n) is 8.75. The predicted octanol–water partition coefficient (Wildman–Crippen LogP) is 1.94. The molecule has 2 atom stereocenters. The molecule has 2 fully saturated rings. The maximum absolute atomic E-state index is 5.35. The van der Waals surface area contributed by atoms with Crippen molar-refractivity contribution >= 4 is 0 Å². The minimum Gasteiger partial charge on any atom is -0.381 e. The van der Waals surface area contributed by atoms with Crippen LogP contribution >= 0.6 is 0 Å². The molecule has 2 heteroatoms. The van der Waals surface area contributed by atoms with Crippen molar-refractivity contribution in [2.75, 3.05) is 7.11 Å². The van der Waals surface area contributed by atoms with Crippen LogP contribution in [0.15, 0.2) is 0 Å². The first-order valence-electron chi connectivity index (χ1n) is 5.58. The van der Waals surface area contributed by atoms with E-state index >= 15 is 0 Å². The SMILES string of the molecule is COC1CCC(N[C@@H]2C[C@H]2C)CC1. The number of hydrogen-bond acceptors (Lipinski definition) is 2. The predicted molar refractivity (Wildman–Crippen MR) is 53.8 cm³/mol. The third kappa shape index (κ3) is 2.44. The molecule has 2 aliphatic rings. The van der Waals surface area contributed by atoms with Gasteiger partial charge in [-0.3, -0.25) is 0 Å². The molecule has 0 amide bonds. The fourth-order valence-corrected chi connectivity index (χ4v) is 2.32. The van der Waals surface area contributed by atoms with Crippen LogP contribution in [0.1, 0.15) is 39.0 Å². The van der Waals surface area contributed by atoms with Crippen molar-refractivity contribution in [2.24, 2.45) is 5.92 Å². The largest absolute Gasteiger partial charge is 0.381 e. The standard InChI is InChI=1S/C11H21NO/c1-8-7-11(8)12-9-3-5-10(13-2)6-4-9/h8-12H,3-7H2,1-2H3/t8-,9?,10?,11-/m1/s1. The van der Waals surface area contributed by atoms with Crippen LogP contribution in [-0.2, 0) is 4.74 Å². The molecule has 2 rings (SSSR count). The van der Waals surface area contributed by atoms with E-state index in [0.717, 1.165) is 18.0 Å². The highest BCUT2D eigenvalue weighted by Crippen LogP contribution is 2.31. The van der Waals surface area contributed by atoms with Crippen molar-refractivity contribution < 1.29 is 4.74 Å². The second kappa shape index (κ2) is 3.97. The monoisotopic (exact) mass is 183 g/mol. The molecule has 0 saturated heterocycles. The number of hydrogen-bond donors (Lipinski definition) is 1. The van der Waals surface area contributed by atoms with Gasteiger partial charge in [0.05, 0.1) is 6.10 Å². The van der Waals surface area contributed by atoms with Crippen molar-refractivity contribution in [1.82, 2.24) is 5.32 Å². The molecule has 0 aliphatic heterocycles. The van der Waals surface area contributed by atoms with Crippen molar-refractivity contribution in [1.29, 1.82) is 0 Å². The molecule has 1 N–H and O–H groups in total. The van der Waals surface area contributed by atoms with Crippen LogP contribution in [0.5, 0.6) is 0 Å². The molecule has 0 aromatic heterocycles. The number of ether oxygens (including phenoxy) is 1. The molecule has 76 valence electrons. The van der Waals surface area contributed by atoms with Crippen molar-refractivity contribution in [2.45, 2.75) is 57.2 Å². The summed E-state index contributed by atoms with van der Waals surface area (Å²) in [7, 11) is 1.83. The molecule has 2 nitrogen and oxygen atoms in total. The van der Waals surface area contributed by atoms with Gasteiger partial charge in [0.15, 0.2) is 0 Å². The van der Waals surface area contributed by atoms with E-state index in [2.05, 4.69) is 12.2 Å². The third-order valence-electron chi connectivity index (χ3n) is 3.57. The van der Waals surface area contributed by atoms with E-state index in [0.29, 0.717) is 6.10 Å². The fraction of sp³-hybridized carbons (Fsp3) is 1.00. The van der Waals surface area contributed by atoms with E-state index in [1.165, 1.54) is 32.1 Å². The Labute approximate surface area is 81.0 Å². The van der Waals surface area contributed by atoms with E-state index in [9.17, 15) is 0 Å².